The zero-order valence-corrected chi connectivity index (χ0v) is 12.7. The van der Waals surface area contributed by atoms with Crippen molar-refractivity contribution in [2.75, 3.05) is 0 Å². The van der Waals surface area contributed by atoms with Gasteiger partial charge in [-0.3, -0.25) is 14.7 Å². The van der Waals surface area contributed by atoms with Crippen molar-refractivity contribution < 1.29 is 14.0 Å². The molecule has 2 heterocycles. The summed E-state index contributed by atoms with van der Waals surface area (Å²) >= 11 is 5.96. The summed E-state index contributed by atoms with van der Waals surface area (Å²) in [4.78, 5) is 27.7. The van der Waals surface area contributed by atoms with Crippen LogP contribution in [-0.4, -0.2) is 26.7 Å². The number of carbonyl (C=O) groups excluding carboxylic acids is 2. The number of carbonyl (C=O) groups is 2. The first kappa shape index (κ1) is 15.2. The minimum atomic E-state index is -0.721. The van der Waals surface area contributed by atoms with Crippen LogP contribution in [0.15, 0.2) is 47.3 Å². The molecule has 0 aliphatic carbocycles. The second kappa shape index (κ2) is 6.58. The van der Waals surface area contributed by atoms with E-state index in [1.165, 1.54) is 12.6 Å². The molecule has 0 unspecified atom stereocenters. The first-order chi connectivity index (χ1) is 11.1. The van der Waals surface area contributed by atoms with Gasteiger partial charge in [0, 0.05) is 23.4 Å². The molecule has 1 N–H and O–H groups in total. The first-order valence-corrected chi connectivity index (χ1v) is 7.24. The van der Waals surface area contributed by atoms with E-state index in [1.807, 2.05) is 18.2 Å². The fourth-order valence-electron chi connectivity index (χ4n) is 2.21. The Bertz CT molecular complexity index is 840. The van der Waals surface area contributed by atoms with Gasteiger partial charge >= 0.3 is 0 Å². The molecular weight excluding hydrogens is 318 g/mol. The Morgan fingerprint density at radius 2 is 2.13 bits per heavy atom. The van der Waals surface area contributed by atoms with Gasteiger partial charge in [0.05, 0.1) is 6.26 Å². The molecule has 0 fully saturated rings. The lowest BCUT2D eigenvalue weighted by Gasteiger charge is -2.03. The molecule has 116 valence electrons. The highest BCUT2D eigenvalue weighted by Crippen LogP contribution is 2.19. The van der Waals surface area contributed by atoms with E-state index in [4.69, 9.17) is 16.0 Å². The fourth-order valence-corrected chi connectivity index (χ4v) is 2.42. The molecule has 0 aliphatic heterocycles. The smallest absolute Gasteiger partial charge is 0.267 e. The van der Waals surface area contributed by atoms with Gasteiger partial charge in [0.1, 0.15) is 12.1 Å². The summed E-state index contributed by atoms with van der Waals surface area (Å²) < 4.78 is 5.44. The maximum absolute atomic E-state index is 12.1. The molecule has 0 spiro atoms. The molecule has 0 radical (unpaired) electrons. The molecule has 23 heavy (non-hydrogen) atoms. The SMILES string of the molecule is O=C(Cc1ccoc1Cc1cccc(Cl)c1)C(=O)c1nc[nH]n1. The van der Waals surface area contributed by atoms with E-state index < -0.39 is 11.6 Å². The molecule has 2 aromatic heterocycles. The molecule has 3 aromatic rings. The molecule has 0 saturated carbocycles. The number of halogens is 1. The van der Waals surface area contributed by atoms with E-state index in [1.54, 1.807) is 12.1 Å². The Balaban J connectivity index is 1.73. The summed E-state index contributed by atoms with van der Waals surface area (Å²) in [6.45, 7) is 0. The highest BCUT2D eigenvalue weighted by atomic mass is 35.5. The fraction of sp³-hybridized carbons (Fsp3) is 0.125. The van der Waals surface area contributed by atoms with Gasteiger partial charge < -0.3 is 4.42 Å². The average molecular weight is 330 g/mol. The molecule has 1 aromatic carbocycles. The Labute approximate surface area is 136 Å². The van der Waals surface area contributed by atoms with Crippen molar-refractivity contribution in [3.63, 3.8) is 0 Å². The summed E-state index contributed by atoms with van der Waals surface area (Å²) in [5.74, 6) is -0.808. The zero-order valence-electron chi connectivity index (χ0n) is 12.0. The zero-order chi connectivity index (χ0) is 16.2. The number of rotatable bonds is 6. The summed E-state index contributed by atoms with van der Waals surface area (Å²) in [5, 5.41) is 6.66. The molecule has 0 amide bonds. The minimum Gasteiger partial charge on any atom is -0.469 e. The van der Waals surface area contributed by atoms with Crippen LogP contribution < -0.4 is 0 Å². The maximum Gasteiger partial charge on any atom is 0.267 e. The second-order valence-corrected chi connectivity index (χ2v) is 5.36. The molecule has 6 nitrogen and oxygen atoms in total. The molecule has 0 aliphatic rings. The minimum absolute atomic E-state index is 0.0558. The van der Waals surface area contributed by atoms with Gasteiger partial charge in [-0.2, -0.15) is 0 Å². The van der Waals surface area contributed by atoms with Crippen LogP contribution in [0, 0.1) is 0 Å². The molecule has 0 saturated heterocycles. The summed E-state index contributed by atoms with van der Waals surface area (Å²) in [5.41, 5.74) is 1.63. The van der Waals surface area contributed by atoms with Crippen LogP contribution in [0.2, 0.25) is 5.02 Å². The Hall–Kier alpha value is -2.73. The van der Waals surface area contributed by atoms with Crippen LogP contribution in [0.25, 0.3) is 0 Å². The highest BCUT2D eigenvalue weighted by Gasteiger charge is 2.22. The second-order valence-electron chi connectivity index (χ2n) is 4.93. The third kappa shape index (κ3) is 3.54. The summed E-state index contributed by atoms with van der Waals surface area (Å²) in [7, 11) is 0. The van der Waals surface area contributed by atoms with Gasteiger partial charge in [0.2, 0.25) is 11.6 Å². The van der Waals surface area contributed by atoms with Gasteiger partial charge in [-0.15, -0.1) is 5.10 Å². The predicted molar refractivity (Wildman–Crippen MR) is 82.4 cm³/mol. The third-order valence-corrected chi connectivity index (χ3v) is 3.55. The number of furan rings is 1. The predicted octanol–water partition coefficient (Wildman–Crippen LogP) is 2.64. The third-order valence-electron chi connectivity index (χ3n) is 3.31. The van der Waals surface area contributed by atoms with E-state index in [0.717, 1.165) is 5.56 Å². The Morgan fingerprint density at radius 3 is 2.87 bits per heavy atom. The number of nitrogens with zero attached hydrogens (tertiary/aromatic N) is 2. The molecule has 0 bridgehead atoms. The number of Topliss-reactive ketones (excluding diaryl/α,β-unsaturated/α-hetero) is 2. The van der Waals surface area contributed by atoms with Crippen molar-refractivity contribution in [1.29, 1.82) is 0 Å². The number of aromatic amines is 1. The lowest BCUT2D eigenvalue weighted by atomic mass is 10.0. The van der Waals surface area contributed by atoms with Crippen molar-refractivity contribution >= 4 is 23.2 Å². The van der Waals surface area contributed by atoms with Crippen molar-refractivity contribution in [2.24, 2.45) is 0 Å². The maximum atomic E-state index is 12.1. The molecular formula is C16H12ClN3O3. The van der Waals surface area contributed by atoms with E-state index in [-0.39, 0.29) is 12.2 Å². The quantitative estimate of drug-likeness (QED) is 0.554. The average Bonchev–Trinajstić information content (AvgIpc) is 3.19. The van der Waals surface area contributed by atoms with Crippen LogP contribution in [-0.2, 0) is 17.6 Å². The number of benzene rings is 1. The van der Waals surface area contributed by atoms with E-state index >= 15 is 0 Å². The first-order valence-electron chi connectivity index (χ1n) is 6.86. The largest absolute Gasteiger partial charge is 0.469 e. The summed E-state index contributed by atoms with van der Waals surface area (Å²) in [6, 6.07) is 9.06. The van der Waals surface area contributed by atoms with Crippen molar-refractivity contribution in [1.82, 2.24) is 15.2 Å². The van der Waals surface area contributed by atoms with Crippen LogP contribution in [0.4, 0.5) is 0 Å². The van der Waals surface area contributed by atoms with Gasteiger partial charge in [0.15, 0.2) is 0 Å². The lowest BCUT2D eigenvalue weighted by Crippen LogP contribution is -2.18. The van der Waals surface area contributed by atoms with Crippen LogP contribution in [0.1, 0.15) is 27.5 Å². The Kier molecular flexibility index (Phi) is 4.34. The van der Waals surface area contributed by atoms with Crippen LogP contribution in [0.3, 0.4) is 0 Å². The van der Waals surface area contributed by atoms with Crippen molar-refractivity contribution in [3.8, 4) is 0 Å². The lowest BCUT2D eigenvalue weighted by molar-refractivity contribution is -0.114. The number of aromatic nitrogens is 3. The number of nitrogens with one attached hydrogen (secondary N) is 1. The standard InChI is InChI=1S/C16H12ClN3O3/c17-12-3-1-2-10(6-12)7-14-11(4-5-23-14)8-13(21)15(22)16-18-9-19-20-16/h1-6,9H,7-8H2,(H,18,19,20). The Morgan fingerprint density at radius 1 is 1.26 bits per heavy atom. The van der Waals surface area contributed by atoms with Gasteiger partial charge in [-0.25, -0.2) is 4.98 Å². The number of ketones is 2. The monoisotopic (exact) mass is 329 g/mol. The topological polar surface area (TPSA) is 88.9 Å². The van der Waals surface area contributed by atoms with E-state index in [9.17, 15) is 9.59 Å². The van der Waals surface area contributed by atoms with E-state index in [2.05, 4.69) is 15.2 Å². The molecule has 0 atom stereocenters. The normalized spacial score (nSPS) is 10.7. The highest BCUT2D eigenvalue weighted by molar-refractivity contribution is 6.43. The van der Waals surface area contributed by atoms with Gasteiger partial charge in [-0.05, 0) is 23.8 Å². The molecule has 7 heteroatoms. The molecule has 3 rings (SSSR count). The van der Waals surface area contributed by atoms with Gasteiger partial charge in [-0.1, -0.05) is 23.7 Å². The summed E-state index contributed by atoms with van der Waals surface area (Å²) in [6.07, 6.45) is 3.19. The number of hydrogen-bond donors (Lipinski definition) is 1. The van der Waals surface area contributed by atoms with Crippen LogP contribution >= 0.6 is 11.6 Å². The number of hydrogen-bond acceptors (Lipinski definition) is 5. The van der Waals surface area contributed by atoms with E-state index in [0.29, 0.717) is 22.8 Å². The van der Waals surface area contributed by atoms with Crippen LogP contribution in [0.5, 0.6) is 0 Å². The van der Waals surface area contributed by atoms with Crippen molar-refractivity contribution in [3.05, 3.63) is 70.7 Å². The number of H-pyrrole nitrogens is 1. The van der Waals surface area contributed by atoms with Crippen molar-refractivity contribution in [2.45, 2.75) is 12.8 Å². The van der Waals surface area contributed by atoms with Gasteiger partial charge in [0.25, 0.3) is 5.78 Å².